The molecule has 0 unspecified atom stereocenters. The molecule has 1 heterocycles. The Bertz CT molecular complexity index is 446. The first-order chi connectivity index (χ1) is 10.2. The van der Waals surface area contributed by atoms with Crippen molar-refractivity contribution < 1.29 is 14.2 Å². The zero-order valence-corrected chi connectivity index (χ0v) is 13.2. The van der Waals surface area contributed by atoms with Gasteiger partial charge in [0.25, 0.3) is 0 Å². The molecule has 1 aromatic carbocycles. The summed E-state index contributed by atoms with van der Waals surface area (Å²) in [7, 11) is 0. The Labute approximate surface area is 127 Å². The van der Waals surface area contributed by atoms with E-state index in [0.717, 1.165) is 24.1 Å². The van der Waals surface area contributed by atoms with Crippen LogP contribution in [-0.4, -0.2) is 32.2 Å². The number of hydrogen-bond donors (Lipinski definition) is 2. The van der Waals surface area contributed by atoms with Crippen LogP contribution in [0.3, 0.4) is 0 Å². The minimum atomic E-state index is -0.0407. The average molecular weight is 292 g/mol. The lowest BCUT2D eigenvalue weighted by Crippen LogP contribution is -3.29. The summed E-state index contributed by atoms with van der Waals surface area (Å²) < 4.78 is 13.7. The van der Waals surface area contributed by atoms with Gasteiger partial charge in [0.15, 0.2) is 0 Å². The van der Waals surface area contributed by atoms with Gasteiger partial charge in [-0.1, -0.05) is 25.1 Å². The maximum atomic E-state index is 13.7. The second kappa shape index (κ2) is 6.89. The monoisotopic (exact) mass is 292 g/mol. The quantitative estimate of drug-likeness (QED) is 0.811. The Morgan fingerprint density at radius 1 is 1.00 bits per heavy atom. The largest absolute Gasteiger partial charge is 0.323 e. The minimum absolute atomic E-state index is 0.0407. The van der Waals surface area contributed by atoms with Crippen LogP contribution in [0.1, 0.15) is 38.2 Å². The van der Waals surface area contributed by atoms with Gasteiger partial charge in [-0.25, -0.2) is 4.39 Å². The number of halogens is 1. The molecule has 2 fully saturated rings. The Morgan fingerprint density at radius 2 is 1.67 bits per heavy atom. The molecule has 1 saturated carbocycles. The molecule has 0 radical (unpaired) electrons. The summed E-state index contributed by atoms with van der Waals surface area (Å²) in [6.07, 6.45) is 5.66. The number of quaternary nitrogens is 2. The van der Waals surface area contributed by atoms with Gasteiger partial charge >= 0.3 is 0 Å². The summed E-state index contributed by atoms with van der Waals surface area (Å²) in [5.41, 5.74) is 0.877. The van der Waals surface area contributed by atoms with Crippen LogP contribution in [0, 0.1) is 11.7 Å². The molecular formula is C18H29FN2+2. The van der Waals surface area contributed by atoms with Crippen molar-refractivity contribution in [3.63, 3.8) is 0 Å². The summed E-state index contributed by atoms with van der Waals surface area (Å²) in [6.45, 7) is 8.15. The molecule has 1 aromatic rings. The summed E-state index contributed by atoms with van der Waals surface area (Å²) in [6, 6.07) is 8.14. The van der Waals surface area contributed by atoms with Gasteiger partial charge in [0.05, 0.1) is 6.04 Å². The Hall–Kier alpha value is -0.930. The van der Waals surface area contributed by atoms with Crippen molar-refractivity contribution in [2.45, 2.75) is 45.2 Å². The molecule has 3 rings (SSSR count). The van der Waals surface area contributed by atoms with Gasteiger partial charge in [-0.2, -0.15) is 0 Å². The summed E-state index contributed by atoms with van der Waals surface area (Å²) in [5.74, 6) is 0.898. The predicted octanol–water partition coefficient (Wildman–Crippen LogP) is 0.688. The van der Waals surface area contributed by atoms with Crippen LogP contribution in [-0.2, 0) is 6.54 Å². The molecule has 0 atom stereocenters. The second-order valence-corrected chi connectivity index (χ2v) is 7.13. The second-order valence-electron chi connectivity index (χ2n) is 7.13. The van der Waals surface area contributed by atoms with Crippen molar-refractivity contribution in [2.24, 2.45) is 5.92 Å². The van der Waals surface area contributed by atoms with Gasteiger partial charge in [0.1, 0.15) is 38.5 Å². The molecule has 1 saturated heterocycles. The van der Waals surface area contributed by atoms with E-state index in [-0.39, 0.29) is 5.82 Å². The van der Waals surface area contributed by atoms with Crippen molar-refractivity contribution in [1.82, 2.24) is 0 Å². The van der Waals surface area contributed by atoms with Gasteiger partial charge in [-0.05, 0) is 37.7 Å². The molecule has 0 bridgehead atoms. The first kappa shape index (κ1) is 15.0. The van der Waals surface area contributed by atoms with Crippen molar-refractivity contribution >= 4 is 0 Å². The van der Waals surface area contributed by atoms with E-state index in [1.807, 2.05) is 17.0 Å². The first-order valence-corrected chi connectivity index (χ1v) is 8.64. The third-order valence-electron chi connectivity index (χ3n) is 5.59. The number of hydrogen-bond acceptors (Lipinski definition) is 0. The van der Waals surface area contributed by atoms with Crippen molar-refractivity contribution in [3.8, 4) is 0 Å². The van der Waals surface area contributed by atoms with Crippen LogP contribution >= 0.6 is 0 Å². The molecule has 2 aliphatic rings. The topological polar surface area (TPSA) is 8.88 Å². The lowest BCUT2D eigenvalue weighted by Gasteiger charge is -2.37. The summed E-state index contributed by atoms with van der Waals surface area (Å²) >= 11 is 0. The van der Waals surface area contributed by atoms with E-state index in [2.05, 4.69) is 6.92 Å². The lowest BCUT2D eigenvalue weighted by molar-refractivity contribution is -1.03. The standard InChI is InChI=1S/C18H27FN2/c1-15-6-8-17(9-7-15)21-12-10-20(11-13-21)14-16-4-2-3-5-18(16)19/h2-5,15,17H,6-14H2,1H3/p+2. The molecule has 2 nitrogen and oxygen atoms in total. The third kappa shape index (κ3) is 3.83. The third-order valence-corrected chi connectivity index (χ3v) is 5.59. The van der Waals surface area contributed by atoms with Crippen LogP contribution in [0.2, 0.25) is 0 Å². The van der Waals surface area contributed by atoms with Gasteiger partial charge in [-0.3, -0.25) is 0 Å². The van der Waals surface area contributed by atoms with E-state index in [1.54, 1.807) is 17.0 Å². The molecule has 3 heteroatoms. The number of piperazine rings is 1. The highest BCUT2D eigenvalue weighted by Gasteiger charge is 2.31. The minimum Gasteiger partial charge on any atom is -0.323 e. The smallest absolute Gasteiger partial charge is 0.132 e. The average Bonchev–Trinajstić information content (AvgIpc) is 2.51. The Balaban J connectivity index is 1.48. The Morgan fingerprint density at radius 3 is 2.33 bits per heavy atom. The molecule has 1 aliphatic heterocycles. The number of nitrogens with one attached hydrogen (secondary N) is 2. The normalized spacial score (nSPS) is 33.8. The molecule has 0 aromatic heterocycles. The predicted molar refractivity (Wildman–Crippen MR) is 82.9 cm³/mol. The highest BCUT2D eigenvalue weighted by molar-refractivity contribution is 5.15. The molecule has 21 heavy (non-hydrogen) atoms. The van der Waals surface area contributed by atoms with Crippen LogP contribution in [0.25, 0.3) is 0 Å². The van der Waals surface area contributed by atoms with Crippen LogP contribution < -0.4 is 9.80 Å². The van der Waals surface area contributed by atoms with E-state index in [9.17, 15) is 4.39 Å². The fraction of sp³-hybridized carbons (Fsp3) is 0.667. The van der Waals surface area contributed by atoms with Crippen molar-refractivity contribution in [2.75, 3.05) is 26.2 Å². The molecule has 2 N–H and O–H groups in total. The van der Waals surface area contributed by atoms with E-state index >= 15 is 0 Å². The van der Waals surface area contributed by atoms with Crippen LogP contribution in [0.15, 0.2) is 24.3 Å². The molecule has 0 amide bonds. The highest BCUT2D eigenvalue weighted by atomic mass is 19.1. The maximum Gasteiger partial charge on any atom is 0.132 e. The van der Waals surface area contributed by atoms with Crippen LogP contribution in [0.5, 0.6) is 0 Å². The first-order valence-electron chi connectivity index (χ1n) is 8.64. The number of rotatable bonds is 3. The fourth-order valence-electron chi connectivity index (χ4n) is 4.09. The van der Waals surface area contributed by atoms with E-state index in [1.165, 1.54) is 51.9 Å². The zero-order valence-electron chi connectivity index (χ0n) is 13.2. The van der Waals surface area contributed by atoms with E-state index in [0.29, 0.717) is 0 Å². The van der Waals surface area contributed by atoms with E-state index in [4.69, 9.17) is 0 Å². The molecule has 0 spiro atoms. The van der Waals surface area contributed by atoms with Gasteiger partial charge in [0, 0.05) is 5.56 Å². The Kier molecular flexibility index (Phi) is 4.91. The molecule has 1 aliphatic carbocycles. The lowest BCUT2D eigenvalue weighted by atomic mass is 9.86. The van der Waals surface area contributed by atoms with Gasteiger partial charge in [0.2, 0.25) is 0 Å². The highest BCUT2D eigenvalue weighted by Crippen LogP contribution is 2.21. The summed E-state index contributed by atoms with van der Waals surface area (Å²) in [5, 5.41) is 0. The van der Waals surface area contributed by atoms with Gasteiger partial charge in [-0.15, -0.1) is 0 Å². The van der Waals surface area contributed by atoms with Crippen molar-refractivity contribution in [1.29, 1.82) is 0 Å². The SMILES string of the molecule is CC1CCC([NH+]2CC[NH+](Cc3ccccc3F)CC2)CC1. The molecular weight excluding hydrogens is 263 g/mol. The van der Waals surface area contributed by atoms with Crippen molar-refractivity contribution in [3.05, 3.63) is 35.6 Å². The fourth-order valence-corrected chi connectivity index (χ4v) is 4.09. The number of benzene rings is 1. The molecule has 116 valence electrons. The zero-order chi connectivity index (χ0) is 14.7. The maximum absolute atomic E-state index is 13.7. The van der Waals surface area contributed by atoms with Crippen LogP contribution in [0.4, 0.5) is 4.39 Å². The van der Waals surface area contributed by atoms with E-state index < -0.39 is 0 Å². The summed E-state index contributed by atoms with van der Waals surface area (Å²) in [4.78, 5) is 3.37. The van der Waals surface area contributed by atoms with Gasteiger partial charge < -0.3 is 9.80 Å².